The molecule has 0 bridgehead atoms. The number of carbonyl (C=O) groups excluding carboxylic acids is 3. The minimum atomic E-state index is -0.837. The van der Waals surface area contributed by atoms with E-state index in [1.807, 2.05) is 0 Å². The Balaban J connectivity index is 2.36. The third kappa shape index (κ3) is 6.24. The molecule has 1 aromatic heterocycles. The van der Waals surface area contributed by atoms with E-state index in [2.05, 4.69) is 23.5 Å². The van der Waals surface area contributed by atoms with Crippen molar-refractivity contribution < 1.29 is 18.8 Å². The Morgan fingerprint density at radius 1 is 1.23 bits per heavy atom. The van der Waals surface area contributed by atoms with Gasteiger partial charge in [0.25, 0.3) is 11.8 Å². The Morgan fingerprint density at radius 3 is 2.39 bits per heavy atom. The number of rotatable bonds is 10. The number of nitrogens with two attached hydrogens (primary N) is 2. The predicted molar refractivity (Wildman–Crippen MR) is 118 cm³/mol. The van der Waals surface area contributed by atoms with Crippen molar-refractivity contribution in [2.24, 2.45) is 11.7 Å². The monoisotopic (exact) mass is 449 g/mol. The average Bonchev–Trinajstić information content (AvgIpc) is 3.10. The molecule has 5 N–H and O–H groups in total. The van der Waals surface area contributed by atoms with Crippen molar-refractivity contribution in [3.8, 4) is 0 Å². The molecule has 1 aromatic carbocycles. The van der Waals surface area contributed by atoms with Crippen LogP contribution in [0.5, 0.6) is 0 Å². The van der Waals surface area contributed by atoms with Crippen LogP contribution in [0.15, 0.2) is 24.3 Å². The summed E-state index contributed by atoms with van der Waals surface area (Å²) in [6.07, 6.45) is 1.15. The van der Waals surface area contributed by atoms with Gasteiger partial charge in [0.2, 0.25) is 5.91 Å². The maximum absolute atomic E-state index is 13.4. The zero-order valence-corrected chi connectivity index (χ0v) is 18.7. The Kier molecular flexibility index (Phi) is 8.49. The van der Waals surface area contributed by atoms with E-state index in [4.69, 9.17) is 11.5 Å². The normalized spacial score (nSPS) is 11.9. The Bertz CT molecular complexity index is 930. The van der Waals surface area contributed by atoms with Crippen LogP contribution in [0.2, 0.25) is 0 Å². The van der Waals surface area contributed by atoms with Crippen molar-refractivity contribution >= 4 is 34.9 Å². The van der Waals surface area contributed by atoms with Gasteiger partial charge in [0, 0.05) is 13.1 Å². The first-order valence-corrected chi connectivity index (χ1v) is 10.8. The molecular formula is C21H28FN5O3S. The van der Waals surface area contributed by atoms with Crippen molar-refractivity contribution in [1.29, 1.82) is 0 Å². The quantitative estimate of drug-likeness (QED) is 0.513. The number of carbonyl (C=O) groups is 3. The number of aromatic nitrogens is 1. The zero-order valence-electron chi connectivity index (χ0n) is 17.9. The molecule has 1 heterocycles. The van der Waals surface area contributed by atoms with Crippen LogP contribution in [0.4, 0.5) is 10.1 Å². The third-order valence-corrected chi connectivity index (χ3v) is 5.62. The number of amides is 3. The molecule has 2 rings (SSSR count). The van der Waals surface area contributed by atoms with Crippen LogP contribution in [0, 0.1) is 11.7 Å². The van der Waals surface area contributed by atoms with Crippen molar-refractivity contribution in [3.63, 3.8) is 0 Å². The van der Waals surface area contributed by atoms with E-state index in [1.54, 1.807) is 19.1 Å². The zero-order chi connectivity index (χ0) is 23.1. The molecule has 1 atom stereocenters. The molecular weight excluding hydrogens is 421 g/mol. The molecule has 0 aliphatic heterocycles. The van der Waals surface area contributed by atoms with Crippen molar-refractivity contribution in [2.45, 2.75) is 46.2 Å². The largest absolute Gasteiger partial charge is 0.395 e. The van der Waals surface area contributed by atoms with Gasteiger partial charge in [-0.1, -0.05) is 32.9 Å². The molecule has 0 fully saturated rings. The number of benzene rings is 1. The second-order valence-corrected chi connectivity index (χ2v) is 8.37. The summed E-state index contributed by atoms with van der Waals surface area (Å²) < 4.78 is 17.2. The second-order valence-electron chi connectivity index (χ2n) is 7.60. The number of nitrogens with one attached hydrogen (secondary N) is 1. The fourth-order valence-corrected chi connectivity index (χ4v) is 3.78. The number of hydrogen-bond acceptors (Lipinski definition) is 6. The molecule has 0 spiro atoms. The molecule has 3 amide bonds. The number of halogens is 1. The van der Waals surface area contributed by atoms with Gasteiger partial charge in [0.05, 0.1) is 5.69 Å². The fourth-order valence-electron chi connectivity index (χ4n) is 3.02. The van der Waals surface area contributed by atoms with Gasteiger partial charge < -0.3 is 21.7 Å². The molecule has 8 nitrogen and oxygen atoms in total. The molecule has 2 aromatic rings. The third-order valence-electron chi connectivity index (χ3n) is 4.77. The lowest BCUT2D eigenvalue weighted by atomic mass is 10.1. The molecule has 10 heteroatoms. The molecule has 1 unspecified atom stereocenters. The van der Waals surface area contributed by atoms with Crippen LogP contribution in [0.25, 0.3) is 0 Å². The summed E-state index contributed by atoms with van der Waals surface area (Å²) in [6.45, 7) is 6.44. The summed E-state index contributed by atoms with van der Waals surface area (Å²) in [5, 5.41) is 2.87. The Hall–Kier alpha value is -3.01. The highest BCUT2D eigenvalue weighted by Crippen LogP contribution is 2.26. The van der Waals surface area contributed by atoms with Gasteiger partial charge in [-0.3, -0.25) is 14.4 Å². The minimum absolute atomic E-state index is 0.0318. The van der Waals surface area contributed by atoms with E-state index in [0.29, 0.717) is 24.4 Å². The van der Waals surface area contributed by atoms with Gasteiger partial charge in [0.1, 0.15) is 16.7 Å². The van der Waals surface area contributed by atoms with Crippen LogP contribution in [-0.2, 0) is 11.3 Å². The second kappa shape index (κ2) is 10.9. The molecule has 31 heavy (non-hydrogen) atoms. The van der Waals surface area contributed by atoms with Gasteiger partial charge in [-0.05, 0) is 48.0 Å². The van der Waals surface area contributed by atoms with Crippen LogP contribution in [0.1, 0.15) is 59.3 Å². The summed E-state index contributed by atoms with van der Waals surface area (Å²) in [7, 11) is 0. The minimum Gasteiger partial charge on any atom is -0.395 e. The number of nitrogens with zero attached hydrogens (tertiary/aromatic N) is 2. The maximum Gasteiger partial charge on any atom is 0.270 e. The van der Waals surface area contributed by atoms with E-state index >= 15 is 0 Å². The number of primary amides is 1. The molecule has 0 aliphatic rings. The molecule has 0 saturated carbocycles. The Morgan fingerprint density at radius 2 is 1.87 bits per heavy atom. The van der Waals surface area contributed by atoms with Crippen molar-refractivity contribution in [3.05, 3.63) is 46.2 Å². The topological polar surface area (TPSA) is 131 Å². The SMILES string of the molecule is CCC(C(=O)NCCC(C)C)N(Cc1ccc(F)cc1)C(=O)c1snc(C(N)=O)c1N. The standard InChI is InChI=1S/C21H28FN5O3S/c1-4-15(20(29)25-10-9-12(2)3)27(11-13-5-7-14(22)8-6-13)21(30)18-16(23)17(19(24)28)26-31-18/h5-8,12,15H,4,9-11,23H2,1-3H3,(H2,24,28)(H,25,29). The van der Waals surface area contributed by atoms with Gasteiger partial charge in [-0.25, -0.2) is 4.39 Å². The van der Waals surface area contributed by atoms with E-state index < -0.39 is 23.7 Å². The molecule has 0 aliphatic carbocycles. The van der Waals surface area contributed by atoms with E-state index in [1.165, 1.54) is 17.0 Å². The maximum atomic E-state index is 13.4. The highest BCUT2D eigenvalue weighted by Gasteiger charge is 2.32. The summed E-state index contributed by atoms with van der Waals surface area (Å²) in [5.41, 5.74) is 11.5. The summed E-state index contributed by atoms with van der Waals surface area (Å²) >= 11 is 0.757. The average molecular weight is 450 g/mol. The van der Waals surface area contributed by atoms with Crippen molar-refractivity contribution in [1.82, 2.24) is 14.6 Å². The van der Waals surface area contributed by atoms with Crippen LogP contribution >= 0.6 is 11.5 Å². The first kappa shape index (κ1) is 24.3. The first-order chi connectivity index (χ1) is 14.6. The number of hydrogen-bond donors (Lipinski definition) is 3. The van der Waals surface area contributed by atoms with Gasteiger partial charge in [-0.15, -0.1) is 0 Å². The van der Waals surface area contributed by atoms with Crippen LogP contribution in [-0.4, -0.2) is 39.6 Å². The van der Waals surface area contributed by atoms with Gasteiger partial charge in [0.15, 0.2) is 5.69 Å². The van der Waals surface area contributed by atoms with E-state index in [-0.39, 0.29) is 28.7 Å². The number of nitrogen functional groups attached to an aromatic ring is 1. The fraction of sp³-hybridized carbons (Fsp3) is 0.429. The van der Waals surface area contributed by atoms with Crippen LogP contribution in [0.3, 0.4) is 0 Å². The van der Waals surface area contributed by atoms with Crippen molar-refractivity contribution in [2.75, 3.05) is 12.3 Å². The first-order valence-electron chi connectivity index (χ1n) is 10.0. The molecule has 0 saturated heterocycles. The van der Waals surface area contributed by atoms with Gasteiger partial charge in [-0.2, -0.15) is 4.37 Å². The van der Waals surface area contributed by atoms with Gasteiger partial charge >= 0.3 is 0 Å². The summed E-state index contributed by atoms with van der Waals surface area (Å²) in [6, 6.07) is 4.87. The molecule has 0 radical (unpaired) electrons. The molecule has 168 valence electrons. The summed E-state index contributed by atoms with van der Waals surface area (Å²) in [5.74, 6) is -1.66. The number of anilines is 1. The van der Waals surface area contributed by atoms with E-state index in [9.17, 15) is 18.8 Å². The predicted octanol–water partition coefficient (Wildman–Crippen LogP) is 2.55. The lowest BCUT2D eigenvalue weighted by molar-refractivity contribution is -0.126. The van der Waals surface area contributed by atoms with Crippen LogP contribution < -0.4 is 16.8 Å². The van der Waals surface area contributed by atoms with E-state index in [0.717, 1.165) is 18.0 Å². The lowest BCUT2D eigenvalue weighted by Gasteiger charge is -2.30. The lowest BCUT2D eigenvalue weighted by Crippen LogP contribution is -2.49. The highest BCUT2D eigenvalue weighted by atomic mass is 32.1. The Labute approximate surface area is 185 Å². The summed E-state index contributed by atoms with van der Waals surface area (Å²) in [4.78, 5) is 39.1. The smallest absolute Gasteiger partial charge is 0.270 e. The highest BCUT2D eigenvalue weighted by molar-refractivity contribution is 7.09.